The summed E-state index contributed by atoms with van der Waals surface area (Å²) in [5.41, 5.74) is 3.96. The van der Waals surface area contributed by atoms with Crippen molar-refractivity contribution in [1.29, 1.82) is 0 Å². The quantitative estimate of drug-likeness (QED) is 0.150. The van der Waals surface area contributed by atoms with Crippen LogP contribution in [0.4, 0.5) is 14.9 Å². The number of barbiturate groups is 1. The SMILES string of the molecule is C=CCc1cc(/C=C2\C(=O)NC(=O)N(c3ccc(C45CC6CC(CC(C6)C4)C5)cc3)C2=O)cc(Br)c1OCc1ccc(F)cc1. The van der Waals surface area contributed by atoms with Gasteiger partial charge in [-0.05, 0) is 149 Å². The van der Waals surface area contributed by atoms with Crippen LogP contribution in [0.25, 0.3) is 6.08 Å². The van der Waals surface area contributed by atoms with Gasteiger partial charge in [-0.1, -0.05) is 30.3 Å². The number of hydrogen-bond donors (Lipinski definition) is 1. The first-order chi connectivity index (χ1) is 21.7. The number of nitrogens with zero attached hydrogens (tertiary/aromatic N) is 1. The number of carbonyl (C=O) groups excluding carboxylic acids is 3. The van der Waals surface area contributed by atoms with Crippen LogP contribution >= 0.6 is 15.9 Å². The Morgan fingerprint density at radius 1 is 0.956 bits per heavy atom. The highest BCUT2D eigenvalue weighted by Gasteiger charge is 2.51. The van der Waals surface area contributed by atoms with E-state index in [1.807, 2.05) is 18.2 Å². The van der Waals surface area contributed by atoms with Crippen LogP contribution in [0.2, 0.25) is 0 Å². The molecule has 4 amide bonds. The van der Waals surface area contributed by atoms with E-state index < -0.39 is 17.8 Å². The summed E-state index contributed by atoms with van der Waals surface area (Å²) in [6, 6.07) is 16.7. The summed E-state index contributed by atoms with van der Waals surface area (Å²) in [6.07, 6.45) is 11.4. The highest BCUT2D eigenvalue weighted by atomic mass is 79.9. The Balaban J connectivity index is 1.14. The maximum Gasteiger partial charge on any atom is 0.335 e. The maximum absolute atomic E-state index is 13.7. The van der Waals surface area contributed by atoms with Gasteiger partial charge in [0.05, 0.1) is 10.2 Å². The largest absolute Gasteiger partial charge is 0.487 e. The monoisotopic (exact) mass is 668 g/mol. The number of allylic oxidation sites excluding steroid dienone is 1. The zero-order valence-corrected chi connectivity index (χ0v) is 26.4. The average molecular weight is 670 g/mol. The first-order valence-electron chi connectivity index (χ1n) is 15.5. The fraction of sp³-hybridized carbons (Fsp3) is 0.324. The van der Waals surface area contributed by atoms with Crippen molar-refractivity contribution >= 4 is 45.5 Å². The minimum absolute atomic E-state index is 0.142. The summed E-state index contributed by atoms with van der Waals surface area (Å²) in [5.74, 6) is 1.27. The van der Waals surface area contributed by atoms with E-state index in [-0.39, 0.29) is 23.4 Å². The number of rotatable bonds is 8. The molecule has 0 aromatic heterocycles. The zero-order valence-electron chi connectivity index (χ0n) is 24.9. The molecule has 4 bridgehead atoms. The first-order valence-corrected chi connectivity index (χ1v) is 16.3. The van der Waals surface area contributed by atoms with Gasteiger partial charge >= 0.3 is 6.03 Å². The van der Waals surface area contributed by atoms with Crippen molar-refractivity contribution in [3.63, 3.8) is 0 Å². The Morgan fingerprint density at radius 2 is 1.60 bits per heavy atom. The van der Waals surface area contributed by atoms with E-state index in [9.17, 15) is 18.8 Å². The van der Waals surface area contributed by atoms with Crippen molar-refractivity contribution in [3.8, 4) is 5.75 Å². The van der Waals surface area contributed by atoms with Crippen LogP contribution in [0.15, 0.2) is 83.4 Å². The summed E-state index contributed by atoms with van der Waals surface area (Å²) in [5, 5.41) is 2.34. The topological polar surface area (TPSA) is 75.7 Å². The molecule has 45 heavy (non-hydrogen) atoms. The molecule has 8 heteroatoms. The van der Waals surface area contributed by atoms with Crippen molar-refractivity contribution in [1.82, 2.24) is 5.32 Å². The second-order valence-electron chi connectivity index (χ2n) is 13.1. The third-order valence-corrected chi connectivity index (χ3v) is 10.6. The van der Waals surface area contributed by atoms with Crippen molar-refractivity contribution < 1.29 is 23.5 Å². The van der Waals surface area contributed by atoms with Gasteiger partial charge in [0.25, 0.3) is 11.8 Å². The molecular weight excluding hydrogens is 635 g/mol. The summed E-state index contributed by atoms with van der Waals surface area (Å²) in [7, 11) is 0. The highest BCUT2D eigenvalue weighted by Crippen LogP contribution is 2.60. The summed E-state index contributed by atoms with van der Waals surface area (Å²) < 4.78 is 20.0. The molecule has 1 heterocycles. The van der Waals surface area contributed by atoms with Gasteiger partial charge in [0.1, 0.15) is 23.7 Å². The molecule has 6 nitrogen and oxygen atoms in total. The summed E-state index contributed by atoms with van der Waals surface area (Å²) in [4.78, 5) is 40.6. The predicted molar refractivity (Wildman–Crippen MR) is 174 cm³/mol. The molecule has 1 aliphatic heterocycles. The number of imide groups is 2. The van der Waals surface area contributed by atoms with Gasteiger partial charge in [0.2, 0.25) is 0 Å². The minimum atomic E-state index is -0.761. The standard InChI is InChI=1S/C37H34BrFN2O4/c1-2-3-27-15-23(17-32(38)33(27)45-21-22-4-8-29(39)9-5-22)16-31-34(42)40-36(44)41(35(31)43)30-10-6-28(7-11-30)37-18-24-12-25(19-37)14-26(13-24)20-37/h2,4-11,15-17,24-26H,1,3,12-14,18-21H2,(H,40,42,44)/b31-16+. The first kappa shape index (κ1) is 29.7. The number of urea groups is 1. The third-order valence-electron chi connectivity index (χ3n) is 9.99. The number of nitrogens with one attached hydrogen (secondary N) is 1. The minimum Gasteiger partial charge on any atom is -0.487 e. The zero-order chi connectivity index (χ0) is 31.3. The van der Waals surface area contributed by atoms with Crippen molar-refractivity contribution in [2.75, 3.05) is 4.90 Å². The third kappa shape index (κ3) is 5.65. The van der Waals surface area contributed by atoms with Gasteiger partial charge in [-0.15, -0.1) is 6.58 Å². The molecule has 1 N–H and O–H groups in total. The maximum atomic E-state index is 13.7. The van der Waals surface area contributed by atoms with E-state index in [1.54, 1.807) is 24.3 Å². The Hall–Kier alpha value is -4.04. The lowest BCUT2D eigenvalue weighted by molar-refractivity contribution is -0.122. The average Bonchev–Trinajstić information content (AvgIpc) is 2.99. The van der Waals surface area contributed by atoms with Crippen LogP contribution in [-0.4, -0.2) is 17.8 Å². The van der Waals surface area contributed by atoms with E-state index >= 15 is 0 Å². The van der Waals surface area contributed by atoms with Gasteiger partial charge in [0, 0.05) is 0 Å². The fourth-order valence-electron chi connectivity index (χ4n) is 8.45. The van der Waals surface area contributed by atoms with Gasteiger partial charge < -0.3 is 4.74 Å². The molecule has 0 spiro atoms. The molecule has 230 valence electrons. The molecule has 0 radical (unpaired) electrons. The van der Waals surface area contributed by atoms with Gasteiger partial charge in [-0.3, -0.25) is 14.9 Å². The number of carbonyl (C=O) groups is 3. The number of benzene rings is 3. The Kier molecular flexibility index (Phi) is 7.72. The van der Waals surface area contributed by atoms with E-state index in [1.165, 1.54) is 62.3 Å². The van der Waals surface area contributed by atoms with E-state index in [2.05, 4.69) is 40.0 Å². The Labute approximate surface area is 270 Å². The van der Waals surface area contributed by atoms with Crippen LogP contribution in [-0.2, 0) is 28.0 Å². The smallest absolute Gasteiger partial charge is 0.335 e. The summed E-state index contributed by atoms with van der Waals surface area (Å²) in [6.45, 7) is 4.07. The predicted octanol–water partition coefficient (Wildman–Crippen LogP) is 8.03. The second-order valence-corrected chi connectivity index (χ2v) is 14.0. The van der Waals surface area contributed by atoms with Crippen LogP contribution in [0.5, 0.6) is 5.75 Å². The van der Waals surface area contributed by atoms with Crippen molar-refractivity contribution in [3.05, 3.63) is 111 Å². The van der Waals surface area contributed by atoms with Crippen molar-refractivity contribution in [2.45, 2.75) is 57.0 Å². The van der Waals surface area contributed by atoms with Crippen LogP contribution in [0.1, 0.15) is 60.8 Å². The molecule has 5 fully saturated rings. The summed E-state index contributed by atoms with van der Waals surface area (Å²) >= 11 is 3.57. The highest BCUT2D eigenvalue weighted by molar-refractivity contribution is 9.10. The van der Waals surface area contributed by atoms with Crippen LogP contribution in [0, 0.1) is 23.6 Å². The van der Waals surface area contributed by atoms with E-state index in [0.29, 0.717) is 27.9 Å². The Morgan fingerprint density at radius 3 is 2.22 bits per heavy atom. The number of halogens is 2. The molecule has 8 rings (SSSR count). The van der Waals surface area contributed by atoms with Crippen molar-refractivity contribution in [2.24, 2.45) is 17.8 Å². The van der Waals surface area contributed by atoms with Gasteiger partial charge in [-0.2, -0.15) is 0 Å². The molecule has 1 saturated heterocycles. The molecule has 3 aromatic carbocycles. The Bertz CT molecular complexity index is 1690. The van der Waals surface area contributed by atoms with Crippen LogP contribution < -0.4 is 15.0 Å². The molecular formula is C37H34BrFN2O4. The normalized spacial score (nSPS) is 26.4. The molecule has 0 atom stereocenters. The van der Waals surface area contributed by atoms with E-state index in [4.69, 9.17) is 4.74 Å². The molecule has 5 aliphatic rings. The molecule has 4 saturated carbocycles. The number of anilines is 1. The number of amides is 4. The number of hydrogen-bond acceptors (Lipinski definition) is 4. The van der Waals surface area contributed by atoms with Gasteiger partial charge in [-0.25, -0.2) is 14.1 Å². The van der Waals surface area contributed by atoms with Crippen LogP contribution in [0.3, 0.4) is 0 Å². The second kappa shape index (κ2) is 11.7. The van der Waals surface area contributed by atoms with Gasteiger partial charge in [0.15, 0.2) is 0 Å². The lowest BCUT2D eigenvalue weighted by atomic mass is 9.48. The molecule has 4 aliphatic carbocycles. The molecule has 0 unspecified atom stereocenters. The lowest BCUT2D eigenvalue weighted by Gasteiger charge is -2.57. The lowest BCUT2D eigenvalue weighted by Crippen LogP contribution is -2.54. The van der Waals surface area contributed by atoms with E-state index in [0.717, 1.165) is 33.8 Å². The fourth-order valence-corrected chi connectivity index (χ4v) is 9.08. The molecule has 3 aromatic rings. The number of ether oxygens (including phenoxy) is 1.